The first kappa shape index (κ1) is 21.3. The molecule has 1 amide bonds. The molecule has 0 saturated heterocycles. The van der Waals surface area contributed by atoms with Crippen molar-refractivity contribution in [2.75, 3.05) is 20.3 Å². The maximum Gasteiger partial charge on any atom is 0.210 e. The van der Waals surface area contributed by atoms with Crippen LogP contribution >= 0.6 is 11.6 Å². The van der Waals surface area contributed by atoms with Crippen LogP contribution in [-0.4, -0.2) is 51.5 Å². The second kappa shape index (κ2) is 9.15. The Balaban J connectivity index is 1.42. The third-order valence-electron chi connectivity index (χ3n) is 5.99. The van der Waals surface area contributed by atoms with Crippen molar-refractivity contribution >= 4 is 28.9 Å². The molecule has 1 N–H and O–H groups in total. The summed E-state index contributed by atoms with van der Waals surface area (Å²) in [5.74, 6) is 1.29. The number of rotatable bonds is 8. The van der Waals surface area contributed by atoms with Crippen molar-refractivity contribution in [3.05, 3.63) is 70.6 Å². The van der Waals surface area contributed by atoms with Gasteiger partial charge >= 0.3 is 0 Å². The van der Waals surface area contributed by atoms with Gasteiger partial charge in [-0.05, 0) is 47.9 Å². The van der Waals surface area contributed by atoms with E-state index in [-0.39, 0.29) is 6.04 Å². The van der Waals surface area contributed by atoms with Crippen LogP contribution in [0, 0.1) is 0 Å². The third kappa shape index (κ3) is 4.14. The highest BCUT2D eigenvalue weighted by Crippen LogP contribution is 2.40. The van der Waals surface area contributed by atoms with E-state index < -0.39 is 0 Å². The van der Waals surface area contributed by atoms with Crippen LogP contribution in [0.5, 0.6) is 11.5 Å². The molecule has 2 aromatic carbocycles. The Morgan fingerprint density at radius 2 is 2.03 bits per heavy atom. The SMILES string of the molecule is COc1cc(C2c3[nH]c4ccc(Cl)cc4c3CCN2C=O)ccc1OCCCn1nccn1. The summed E-state index contributed by atoms with van der Waals surface area (Å²) in [5.41, 5.74) is 4.17. The first-order valence-corrected chi connectivity index (χ1v) is 11.2. The van der Waals surface area contributed by atoms with E-state index in [1.165, 1.54) is 5.56 Å². The van der Waals surface area contributed by atoms with Gasteiger partial charge in [-0.2, -0.15) is 15.0 Å². The summed E-state index contributed by atoms with van der Waals surface area (Å²) in [6, 6.07) is 11.4. The lowest BCUT2D eigenvalue weighted by Gasteiger charge is -2.33. The lowest BCUT2D eigenvalue weighted by atomic mass is 9.92. The van der Waals surface area contributed by atoms with Crippen molar-refractivity contribution in [2.45, 2.75) is 25.4 Å². The molecule has 5 rings (SSSR count). The fourth-order valence-corrected chi connectivity index (χ4v) is 4.64. The van der Waals surface area contributed by atoms with Crippen LogP contribution in [0.2, 0.25) is 5.02 Å². The number of benzene rings is 2. The zero-order valence-corrected chi connectivity index (χ0v) is 19.0. The molecule has 1 unspecified atom stereocenters. The molecular weight excluding hydrogens is 442 g/mol. The lowest BCUT2D eigenvalue weighted by Crippen LogP contribution is -2.35. The Hall–Kier alpha value is -3.52. The molecule has 0 aliphatic carbocycles. The Morgan fingerprint density at radius 3 is 2.82 bits per heavy atom. The summed E-state index contributed by atoms with van der Waals surface area (Å²) in [6.45, 7) is 1.81. The second-order valence-corrected chi connectivity index (χ2v) is 8.38. The topological polar surface area (TPSA) is 85.3 Å². The van der Waals surface area contributed by atoms with Gasteiger partial charge in [0.05, 0.1) is 38.7 Å². The number of hydrogen-bond donors (Lipinski definition) is 1. The molecular formula is C24H24ClN5O3. The average molecular weight is 466 g/mol. The van der Waals surface area contributed by atoms with E-state index in [0.29, 0.717) is 36.2 Å². The molecule has 1 aliphatic heterocycles. The lowest BCUT2D eigenvalue weighted by molar-refractivity contribution is -0.120. The molecule has 9 heteroatoms. The van der Waals surface area contributed by atoms with Gasteiger partial charge in [-0.1, -0.05) is 17.7 Å². The Labute approximate surface area is 196 Å². The monoisotopic (exact) mass is 465 g/mol. The van der Waals surface area contributed by atoms with E-state index in [1.54, 1.807) is 24.3 Å². The Morgan fingerprint density at radius 1 is 1.18 bits per heavy atom. The van der Waals surface area contributed by atoms with Crippen LogP contribution < -0.4 is 9.47 Å². The number of nitrogens with one attached hydrogen (secondary N) is 1. The minimum absolute atomic E-state index is 0.244. The number of halogens is 1. The molecule has 3 heterocycles. The average Bonchev–Trinajstić information content (AvgIpc) is 3.49. The van der Waals surface area contributed by atoms with Gasteiger partial charge in [-0.3, -0.25) is 4.79 Å². The Bertz CT molecular complexity index is 1270. The number of ether oxygens (including phenoxy) is 2. The molecule has 8 nitrogen and oxygen atoms in total. The van der Waals surface area contributed by atoms with Crippen molar-refractivity contribution in [1.82, 2.24) is 24.9 Å². The van der Waals surface area contributed by atoms with Crippen molar-refractivity contribution in [3.63, 3.8) is 0 Å². The number of aryl methyl sites for hydroxylation is 1. The van der Waals surface area contributed by atoms with Gasteiger partial charge in [-0.15, -0.1) is 0 Å². The predicted octanol–water partition coefficient (Wildman–Crippen LogP) is 3.99. The number of carbonyl (C=O) groups is 1. The number of fused-ring (bicyclic) bond motifs is 3. The number of H-pyrrole nitrogens is 1. The number of nitrogens with zero attached hydrogens (tertiary/aromatic N) is 4. The maximum atomic E-state index is 11.9. The van der Waals surface area contributed by atoms with Crippen LogP contribution in [0.4, 0.5) is 0 Å². The van der Waals surface area contributed by atoms with Crippen LogP contribution in [0.15, 0.2) is 48.8 Å². The van der Waals surface area contributed by atoms with Gasteiger partial charge in [0.2, 0.25) is 6.41 Å². The van der Waals surface area contributed by atoms with Crippen molar-refractivity contribution in [1.29, 1.82) is 0 Å². The van der Waals surface area contributed by atoms with E-state index in [9.17, 15) is 4.79 Å². The maximum absolute atomic E-state index is 11.9. The second-order valence-electron chi connectivity index (χ2n) is 7.94. The van der Waals surface area contributed by atoms with Crippen molar-refractivity contribution < 1.29 is 14.3 Å². The van der Waals surface area contributed by atoms with E-state index in [1.807, 2.05) is 41.3 Å². The minimum Gasteiger partial charge on any atom is -0.493 e. The number of hydrogen-bond acceptors (Lipinski definition) is 5. The predicted molar refractivity (Wildman–Crippen MR) is 125 cm³/mol. The van der Waals surface area contributed by atoms with Crippen molar-refractivity contribution in [2.24, 2.45) is 0 Å². The molecule has 0 radical (unpaired) electrons. The van der Waals surface area contributed by atoms with Gasteiger partial charge in [0.1, 0.15) is 0 Å². The molecule has 2 aromatic heterocycles. The zero-order valence-electron chi connectivity index (χ0n) is 18.2. The fourth-order valence-electron chi connectivity index (χ4n) is 4.47. The first-order valence-electron chi connectivity index (χ1n) is 10.8. The molecule has 0 saturated carbocycles. The number of aromatic nitrogens is 4. The van der Waals surface area contributed by atoms with Gasteiger partial charge in [0.25, 0.3) is 0 Å². The van der Waals surface area contributed by atoms with E-state index in [4.69, 9.17) is 21.1 Å². The largest absolute Gasteiger partial charge is 0.493 e. The van der Waals surface area contributed by atoms with Crippen LogP contribution in [0.3, 0.4) is 0 Å². The molecule has 0 bridgehead atoms. The smallest absolute Gasteiger partial charge is 0.210 e. The van der Waals surface area contributed by atoms with Crippen LogP contribution in [0.25, 0.3) is 10.9 Å². The standard InChI is InChI=1S/C24H24ClN5O3/c1-32-22-13-16(3-6-21(22)33-12-2-10-30-26-8-9-27-30)24-23-18(7-11-29(24)15-31)19-14-17(25)4-5-20(19)28-23/h3-6,8-9,13-15,24,28H,2,7,10-12H2,1H3. The highest BCUT2D eigenvalue weighted by molar-refractivity contribution is 6.31. The van der Waals surface area contributed by atoms with Gasteiger partial charge in [-0.25, -0.2) is 0 Å². The van der Waals surface area contributed by atoms with E-state index in [0.717, 1.165) is 41.4 Å². The summed E-state index contributed by atoms with van der Waals surface area (Å²) in [5, 5.41) is 9.99. The molecule has 33 heavy (non-hydrogen) atoms. The molecule has 0 fully saturated rings. The number of carbonyl (C=O) groups excluding carboxylic acids is 1. The molecule has 4 aromatic rings. The zero-order chi connectivity index (χ0) is 22.8. The van der Waals surface area contributed by atoms with Crippen LogP contribution in [0.1, 0.15) is 29.3 Å². The summed E-state index contributed by atoms with van der Waals surface area (Å²) in [4.78, 5) is 18.9. The highest BCUT2D eigenvalue weighted by atomic mass is 35.5. The number of aromatic amines is 1. The molecule has 170 valence electrons. The number of methoxy groups -OCH3 is 1. The van der Waals surface area contributed by atoms with Crippen LogP contribution in [-0.2, 0) is 17.8 Å². The Kier molecular flexibility index (Phi) is 5.92. The molecule has 1 aliphatic rings. The van der Waals surface area contributed by atoms with Gasteiger partial charge in [0.15, 0.2) is 11.5 Å². The van der Waals surface area contributed by atoms with Gasteiger partial charge < -0.3 is 19.4 Å². The van der Waals surface area contributed by atoms with E-state index in [2.05, 4.69) is 15.2 Å². The fraction of sp³-hybridized carbons (Fsp3) is 0.292. The normalized spacial score (nSPS) is 15.5. The van der Waals surface area contributed by atoms with Gasteiger partial charge in [0, 0.05) is 34.6 Å². The number of amides is 1. The summed E-state index contributed by atoms with van der Waals surface area (Å²) >= 11 is 6.25. The first-order chi connectivity index (χ1) is 16.2. The highest BCUT2D eigenvalue weighted by Gasteiger charge is 2.31. The quantitative estimate of drug-likeness (QED) is 0.314. The summed E-state index contributed by atoms with van der Waals surface area (Å²) in [7, 11) is 1.62. The minimum atomic E-state index is -0.244. The molecule has 1 atom stereocenters. The summed E-state index contributed by atoms with van der Waals surface area (Å²) in [6.07, 6.45) is 5.76. The van der Waals surface area contributed by atoms with Crippen molar-refractivity contribution in [3.8, 4) is 11.5 Å². The van der Waals surface area contributed by atoms with E-state index >= 15 is 0 Å². The third-order valence-corrected chi connectivity index (χ3v) is 6.23. The summed E-state index contributed by atoms with van der Waals surface area (Å²) < 4.78 is 11.6. The molecule has 0 spiro atoms.